The monoisotopic (exact) mass is 247 g/mol. The van der Waals surface area contributed by atoms with Crippen LogP contribution in [0.4, 0.5) is 0 Å². The van der Waals surface area contributed by atoms with Crippen LogP contribution >= 0.6 is 0 Å². The second kappa shape index (κ2) is 6.30. The van der Waals surface area contributed by atoms with Crippen molar-refractivity contribution in [3.05, 3.63) is 29.6 Å². The molecule has 1 aliphatic heterocycles. The third-order valence-corrected chi connectivity index (χ3v) is 3.78. The van der Waals surface area contributed by atoms with Crippen LogP contribution in [-0.4, -0.2) is 35.6 Å². The predicted molar refractivity (Wildman–Crippen MR) is 75.5 cm³/mol. The molecule has 1 aliphatic rings. The van der Waals surface area contributed by atoms with Gasteiger partial charge in [0, 0.05) is 31.0 Å². The van der Waals surface area contributed by atoms with Gasteiger partial charge < -0.3 is 10.2 Å². The van der Waals surface area contributed by atoms with Gasteiger partial charge in [0.1, 0.15) is 0 Å². The van der Waals surface area contributed by atoms with Gasteiger partial charge in [-0.3, -0.25) is 4.98 Å². The number of likely N-dealkylation sites (tertiary alicyclic amines) is 1. The Labute approximate surface area is 111 Å². The molecule has 0 aromatic carbocycles. The fraction of sp³-hybridized carbons (Fsp3) is 0.667. The summed E-state index contributed by atoms with van der Waals surface area (Å²) in [4.78, 5) is 6.89. The molecule has 1 aromatic heterocycles. The van der Waals surface area contributed by atoms with E-state index in [1.165, 1.54) is 25.1 Å². The Balaban J connectivity index is 1.68. The molecule has 0 spiro atoms. The zero-order valence-corrected chi connectivity index (χ0v) is 11.8. The van der Waals surface area contributed by atoms with Gasteiger partial charge >= 0.3 is 0 Å². The highest BCUT2D eigenvalue weighted by atomic mass is 15.2. The van der Waals surface area contributed by atoms with E-state index in [1.54, 1.807) is 0 Å². The fourth-order valence-corrected chi connectivity index (χ4v) is 2.52. The lowest BCUT2D eigenvalue weighted by molar-refractivity contribution is 0.264. The van der Waals surface area contributed by atoms with E-state index in [4.69, 9.17) is 0 Å². The van der Waals surface area contributed by atoms with Gasteiger partial charge in [-0.05, 0) is 57.8 Å². The summed E-state index contributed by atoms with van der Waals surface area (Å²) in [7, 11) is 0. The number of pyridine rings is 1. The summed E-state index contributed by atoms with van der Waals surface area (Å²) in [6.07, 6.45) is 3.30. The second-order valence-corrected chi connectivity index (χ2v) is 5.68. The SMILES string of the molecule is Cc1ccc(CNCC2CCN(C(C)C)C2)cn1. The highest BCUT2D eigenvalue weighted by Crippen LogP contribution is 2.17. The molecule has 100 valence electrons. The van der Waals surface area contributed by atoms with Crippen molar-refractivity contribution < 1.29 is 0 Å². The van der Waals surface area contributed by atoms with E-state index in [-0.39, 0.29) is 0 Å². The number of aromatic nitrogens is 1. The van der Waals surface area contributed by atoms with E-state index in [9.17, 15) is 0 Å². The molecule has 0 radical (unpaired) electrons. The maximum absolute atomic E-state index is 4.32. The highest BCUT2D eigenvalue weighted by molar-refractivity contribution is 5.12. The van der Waals surface area contributed by atoms with Crippen LogP contribution in [0.3, 0.4) is 0 Å². The molecule has 1 unspecified atom stereocenters. The Kier molecular flexibility index (Phi) is 4.72. The molecule has 2 heterocycles. The lowest BCUT2D eigenvalue weighted by Crippen LogP contribution is -2.30. The van der Waals surface area contributed by atoms with Crippen molar-refractivity contribution in [1.29, 1.82) is 0 Å². The van der Waals surface area contributed by atoms with Crippen LogP contribution in [0.1, 0.15) is 31.5 Å². The minimum absolute atomic E-state index is 0.691. The molecular weight excluding hydrogens is 222 g/mol. The maximum atomic E-state index is 4.32. The maximum Gasteiger partial charge on any atom is 0.0372 e. The molecule has 1 N–H and O–H groups in total. The molecule has 0 saturated carbocycles. The molecule has 1 aromatic rings. The molecule has 0 bridgehead atoms. The van der Waals surface area contributed by atoms with Gasteiger partial charge in [-0.1, -0.05) is 6.07 Å². The first-order valence-corrected chi connectivity index (χ1v) is 7.01. The number of hydrogen-bond acceptors (Lipinski definition) is 3. The zero-order chi connectivity index (χ0) is 13.0. The molecule has 1 fully saturated rings. The van der Waals surface area contributed by atoms with Crippen molar-refractivity contribution >= 4 is 0 Å². The largest absolute Gasteiger partial charge is 0.312 e. The average molecular weight is 247 g/mol. The molecular formula is C15H25N3. The van der Waals surface area contributed by atoms with Gasteiger partial charge in [-0.25, -0.2) is 0 Å². The third-order valence-electron chi connectivity index (χ3n) is 3.78. The van der Waals surface area contributed by atoms with E-state index >= 15 is 0 Å². The fourth-order valence-electron chi connectivity index (χ4n) is 2.52. The van der Waals surface area contributed by atoms with Crippen LogP contribution in [0.15, 0.2) is 18.3 Å². The van der Waals surface area contributed by atoms with Crippen molar-refractivity contribution in [1.82, 2.24) is 15.2 Å². The molecule has 0 aliphatic carbocycles. The van der Waals surface area contributed by atoms with Crippen LogP contribution in [0.5, 0.6) is 0 Å². The van der Waals surface area contributed by atoms with E-state index in [2.05, 4.69) is 41.2 Å². The standard InChI is InChI=1S/C15H25N3/c1-12(2)18-7-6-15(11-18)9-16-8-14-5-4-13(3)17-10-14/h4-5,10,12,15-16H,6-9,11H2,1-3H3. The summed E-state index contributed by atoms with van der Waals surface area (Å²) < 4.78 is 0. The second-order valence-electron chi connectivity index (χ2n) is 5.68. The number of nitrogens with zero attached hydrogens (tertiary/aromatic N) is 2. The Morgan fingerprint density at radius 1 is 1.44 bits per heavy atom. The van der Waals surface area contributed by atoms with Gasteiger partial charge in [0.05, 0.1) is 0 Å². The first-order valence-electron chi connectivity index (χ1n) is 7.01. The molecule has 1 saturated heterocycles. The summed E-state index contributed by atoms with van der Waals surface area (Å²) in [5, 5.41) is 3.56. The Morgan fingerprint density at radius 2 is 2.28 bits per heavy atom. The summed E-state index contributed by atoms with van der Waals surface area (Å²) in [5.41, 5.74) is 2.36. The van der Waals surface area contributed by atoms with Crippen LogP contribution in [-0.2, 0) is 6.54 Å². The minimum Gasteiger partial charge on any atom is -0.312 e. The first-order chi connectivity index (χ1) is 8.65. The molecule has 18 heavy (non-hydrogen) atoms. The van der Waals surface area contributed by atoms with Gasteiger partial charge in [-0.15, -0.1) is 0 Å². The van der Waals surface area contributed by atoms with E-state index in [0.29, 0.717) is 6.04 Å². The quantitative estimate of drug-likeness (QED) is 0.864. The van der Waals surface area contributed by atoms with Crippen LogP contribution < -0.4 is 5.32 Å². The van der Waals surface area contributed by atoms with Crippen molar-refractivity contribution in [2.75, 3.05) is 19.6 Å². The lowest BCUT2D eigenvalue weighted by Gasteiger charge is -2.20. The molecule has 2 rings (SSSR count). The van der Waals surface area contributed by atoms with E-state index in [0.717, 1.165) is 24.7 Å². The summed E-state index contributed by atoms with van der Waals surface area (Å²) >= 11 is 0. The normalized spacial score (nSPS) is 20.8. The van der Waals surface area contributed by atoms with Gasteiger partial charge in [-0.2, -0.15) is 0 Å². The van der Waals surface area contributed by atoms with Gasteiger partial charge in [0.2, 0.25) is 0 Å². The van der Waals surface area contributed by atoms with E-state index < -0.39 is 0 Å². The van der Waals surface area contributed by atoms with Crippen LogP contribution in [0.2, 0.25) is 0 Å². The third kappa shape index (κ3) is 3.79. The van der Waals surface area contributed by atoms with Crippen LogP contribution in [0, 0.1) is 12.8 Å². The van der Waals surface area contributed by atoms with Crippen molar-refractivity contribution in [2.24, 2.45) is 5.92 Å². The Hall–Kier alpha value is -0.930. The van der Waals surface area contributed by atoms with Gasteiger partial charge in [0.15, 0.2) is 0 Å². The smallest absolute Gasteiger partial charge is 0.0372 e. The molecule has 3 nitrogen and oxygen atoms in total. The Morgan fingerprint density at radius 3 is 2.89 bits per heavy atom. The minimum atomic E-state index is 0.691. The van der Waals surface area contributed by atoms with Crippen molar-refractivity contribution in [2.45, 2.75) is 39.8 Å². The van der Waals surface area contributed by atoms with Gasteiger partial charge in [0.25, 0.3) is 0 Å². The lowest BCUT2D eigenvalue weighted by atomic mass is 10.1. The van der Waals surface area contributed by atoms with Crippen LogP contribution in [0.25, 0.3) is 0 Å². The summed E-state index contributed by atoms with van der Waals surface area (Å²) in [6, 6.07) is 4.92. The molecule has 0 amide bonds. The molecule has 1 atom stereocenters. The van der Waals surface area contributed by atoms with E-state index in [1.807, 2.05) is 13.1 Å². The number of nitrogens with one attached hydrogen (secondary N) is 1. The molecule has 3 heteroatoms. The topological polar surface area (TPSA) is 28.2 Å². The number of hydrogen-bond donors (Lipinski definition) is 1. The first kappa shape index (κ1) is 13.5. The highest BCUT2D eigenvalue weighted by Gasteiger charge is 2.23. The predicted octanol–water partition coefficient (Wildman–Crippen LogP) is 2.21. The summed E-state index contributed by atoms with van der Waals surface area (Å²) in [6.45, 7) is 11.2. The Bertz CT molecular complexity index is 359. The van der Waals surface area contributed by atoms with Crippen molar-refractivity contribution in [3.63, 3.8) is 0 Å². The zero-order valence-electron chi connectivity index (χ0n) is 11.8. The summed E-state index contributed by atoms with van der Waals surface area (Å²) in [5.74, 6) is 0.811. The number of rotatable bonds is 5. The van der Waals surface area contributed by atoms with Crippen molar-refractivity contribution in [3.8, 4) is 0 Å². The number of aryl methyl sites for hydroxylation is 1. The average Bonchev–Trinajstić information content (AvgIpc) is 2.81.